The van der Waals surface area contributed by atoms with E-state index in [1.807, 2.05) is 0 Å². The molecule has 36 heavy (non-hydrogen) atoms. The molecule has 0 aromatic carbocycles. The van der Waals surface area contributed by atoms with Crippen molar-refractivity contribution >= 4 is 5.97 Å². The van der Waals surface area contributed by atoms with Gasteiger partial charge in [0.05, 0.1) is 6.10 Å². The number of ether oxygens (including phenoxy) is 2. The van der Waals surface area contributed by atoms with Gasteiger partial charge in [-0.05, 0) is 97.7 Å². The first kappa shape index (κ1) is 25.7. The Labute approximate surface area is 219 Å². The van der Waals surface area contributed by atoms with Crippen LogP contribution in [0.3, 0.4) is 0 Å². The van der Waals surface area contributed by atoms with Crippen molar-refractivity contribution in [2.75, 3.05) is 0 Å². The first-order valence-electron chi connectivity index (χ1n) is 15.1. The van der Waals surface area contributed by atoms with Gasteiger partial charge in [0, 0.05) is 17.8 Å². The minimum absolute atomic E-state index is 0.00351. The van der Waals surface area contributed by atoms with Crippen molar-refractivity contribution in [2.45, 2.75) is 144 Å². The molecule has 0 aromatic heterocycles. The molecule has 1 aliphatic heterocycles. The topological polar surface area (TPSA) is 59.1 Å². The molecule has 0 radical (unpaired) electrons. The van der Waals surface area contributed by atoms with Crippen LogP contribution in [0.25, 0.3) is 0 Å². The third-order valence-electron chi connectivity index (χ3n) is 14.6. The lowest BCUT2D eigenvalue weighted by molar-refractivity contribution is -0.251. The molecule has 1 heterocycles. The van der Waals surface area contributed by atoms with Gasteiger partial charge in [-0.3, -0.25) is 4.79 Å². The van der Waals surface area contributed by atoms with E-state index in [9.17, 15) is 9.90 Å². The normalized spacial score (nSPS) is 58.7. The van der Waals surface area contributed by atoms with Gasteiger partial charge in [0.2, 0.25) is 0 Å². The number of esters is 1. The van der Waals surface area contributed by atoms with Gasteiger partial charge >= 0.3 is 5.97 Å². The molecule has 5 aliphatic carbocycles. The zero-order chi connectivity index (χ0) is 26.3. The first-order chi connectivity index (χ1) is 16.6. The van der Waals surface area contributed by atoms with Crippen molar-refractivity contribution in [3.8, 4) is 0 Å². The van der Waals surface area contributed by atoms with Gasteiger partial charge in [-0.25, -0.2) is 0 Å². The van der Waals surface area contributed by atoms with E-state index >= 15 is 0 Å². The third-order valence-corrected chi connectivity index (χ3v) is 14.6. The van der Waals surface area contributed by atoms with Crippen molar-refractivity contribution < 1.29 is 19.4 Å². The van der Waals surface area contributed by atoms with Crippen molar-refractivity contribution in [1.82, 2.24) is 0 Å². The molecule has 6 rings (SSSR count). The number of fused-ring (bicyclic) bond motifs is 5. The Morgan fingerprint density at radius 2 is 1.50 bits per heavy atom. The van der Waals surface area contributed by atoms with E-state index in [4.69, 9.17) is 9.47 Å². The van der Waals surface area contributed by atoms with Crippen molar-refractivity contribution in [1.29, 1.82) is 0 Å². The number of hydrogen-bond acceptors (Lipinski definition) is 4. The second kappa shape index (κ2) is 7.12. The maximum Gasteiger partial charge on any atom is 0.302 e. The second-order valence-electron chi connectivity index (χ2n) is 16.1. The van der Waals surface area contributed by atoms with Gasteiger partial charge in [0.25, 0.3) is 0 Å². The fraction of sp³-hybridized carbons (Fsp3) is 0.969. The molecular weight excluding hydrogens is 448 g/mol. The molecule has 11 atom stereocenters. The Bertz CT molecular complexity index is 973. The lowest BCUT2D eigenvalue weighted by atomic mass is 9.32. The lowest BCUT2D eigenvalue weighted by Crippen LogP contribution is -2.68. The Morgan fingerprint density at radius 3 is 2.11 bits per heavy atom. The van der Waals surface area contributed by atoms with Crippen LogP contribution in [0.2, 0.25) is 0 Å². The molecule has 6 fully saturated rings. The summed E-state index contributed by atoms with van der Waals surface area (Å²) >= 11 is 0. The summed E-state index contributed by atoms with van der Waals surface area (Å²) in [7, 11) is 0. The van der Waals surface area contributed by atoms with Crippen LogP contribution < -0.4 is 0 Å². The summed E-state index contributed by atoms with van der Waals surface area (Å²) in [6, 6.07) is 0. The van der Waals surface area contributed by atoms with Gasteiger partial charge < -0.3 is 14.6 Å². The minimum Gasteiger partial charge on any atom is -0.462 e. The van der Waals surface area contributed by atoms with E-state index < -0.39 is 0 Å². The van der Waals surface area contributed by atoms with Gasteiger partial charge in [-0.2, -0.15) is 0 Å². The molecule has 1 saturated heterocycles. The predicted molar refractivity (Wildman–Crippen MR) is 141 cm³/mol. The molecule has 1 N–H and O–H groups in total. The van der Waals surface area contributed by atoms with E-state index in [0.717, 1.165) is 19.3 Å². The number of epoxide rings is 1. The quantitative estimate of drug-likeness (QED) is 0.330. The molecule has 0 aromatic rings. The predicted octanol–water partition coefficient (Wildman–Crippen LogP) is 6.92. The van der Waals surface area contributed by atoms with Crippen LogP contribution in [0.15, 0.2) is 0 Å². The van der Waals surface area contributed by atoms with Crippen LogP contribution in [-0.2, 0) is 14.3 Å². The Balaban J connectivity index is 1.38. The molecule has 4 nitrogen and oxygen atoms in total. The fourth-order valence-corrected chi connectivity index (χ4v) is 12.8. The molecule has 6 aliphatic rings. The number of carbonyl (C=O) groups excluding carboxylic acids is 1. The number of carbonyl (C=O) groups is 1. The van der Waals surface area contributed by atoms with E-state index in [0.29, 0.717) is 23.7 Å². The van der Waals surface area contributed by atoms with Gasteiger partial charge in [0.1, 0.15) is 17.3 Å². The Hall–Kier alpha value is -0.610. The van der Waals surface area contributed by atoms with Gasteiger partial charge in [0.15, 0.2) is 0 Å². The lowest BCUT2D eigenvalue weighted by Gasteiger charge is -2.72. The van der Waals surface area contributed by atoms with Crippen LogP contribution in [0.1, 0.15) is 120 Å². The summed E-state index contributed by atoms with van der Waals surface area (Å²) < 4.78 is 12.9. The smallest absolute Gasteiger partial charge is 0.302 e. The minimum atomic E-state index is -0.345. The maximum absolute atomic E-state index is 11.9. The van der Waals surface area contributed by atoms with E-state index in [1.165, 1.54) is 38.5 Å². The summed E-state index contributed by atoms with van der Waals surface area (Å²) in [4.78, 5) is 11.9. The van der Waals surface area contributed by atoms with Crippen molar-refractivity contribution in [3.63, 3.8) is 0 Å². The molecule has 0 amide bonds. The molecule has 204 valence electrons. The average molecular weight is 501 g/mol. The van der Waals surface area contributed by atoms with Crippen molar-refractivity contribution in [3.05, 3.63) is 0 Å². The number of aliphatic hydroxyl groups is 1. The van der Waals surface area contributed by atoms with Crippen LogP contribution >= 0.6 is 0 Å². The van der Waals surface area contributed by atoms with Crippen LogP contribution in [-0.4, -0.2) is 34.5 Å². The molecule has 4 heteroatoms. The Kier molecular flexibility index (Phi) is 5.07. The van der Waals surface area contributed by atoms with Crippen LogP contribution in [0.4, 0.5) is 0 Å². The molecule has 0 bridgehead atoms. The Morgan fingerprint density at radius 1 is 0.861 bits per heavy atom. The first-order valence-corrected chi connectivity index (χ1v) is 15.1. The van der Waals surface area contributed by atoms with Gasteiger partial charge in [-0.1, -0.05) is 55.4 Å². The number of aliphatic hydroxyl groups excluding tert-OH is 1. The van der Waals surface area contributed by atoms with Crippen LogP contribution in [0.5, 0.6) is 0 Å². The highest BCUT2D eigenvalue weighted by molar-refractivity contribution is 5.66. The highest BCUT2D eigenvalue weighted by Gasteiger charge is 2.90. The zero-order valence-electron chi connectivity index (χ0n) is 24.5. The van der Waals surface area contributed by atoms with Gasteiger partial charge in [-0.15, -0.1) is 0 Å². The maximum atomic E-state index is 11.9. The van der Waals surface area contributed by atoms with Crippen LogP contribution in [0, 0.1) is 50.7 Å². The molecule has 5 saturated carbocycles. The summed E-state index contributed by atoms with van der Waals surface area (Å²) in [6.07, 6.45) is 10.2. The average Bonchev–Trinajstić information content (AvgIpc) is 3.43. The fourth-order valence-electron chi connectivity index (χ4n) is 12.8. The number of rotatable bonds is 2. The monoisotopic (exact) mass is 500 g/mol. The van der Waals surface area contributed by atoms with E-state index in [1.54, 1.807) is 6.92 Å². The third kappa shape index (κ3) is 2.54. The molecule has 1 spiro atoms. The summed E-state index contributed by atoms with van der Waals surface area (Å²) in [5, 5.41) is 11.4. The summed E-state index contributed by atoms with van der Waals surface area (Å²) in [5.41, 5.74) is 0.360. The van der Waals surface area contributed by atoms with Crippen molar-refractivity contribution in [2.24, 2.45) is 50.7 Å². The molecule has 11 unspecified atom stereocenters. The molecular formula is C32H52O4. The second-order valence-corrected chi connectivity index (χ2v) is 16.1. The zero-order valence-corrected chi connectivity index (χ0v) is 24.5. The largest absolute Gasteiger partial charge is 0.462 e. The highest BCUT2D eigenvalue weighted by Crippen LogP contribution is 2.84. The summed E-state index contributed by atoms with van der Waals surface area (Å²) in [5.74, 6) is 1.99. The number of hydrogen-bond donors (Lipinski definition) is 1. The SMILES string of the molecule is CC(=O)OC1CCC2(C)C(CCC3(C)C2CCC2C3(C)CCC3(C)CC(O)C4(C(C)C)OC234)C1(C)C. The van der Waals surface area contributed by atoms with E-state index in [2.05, 4.69) is 55.4 Å². The highest BCUT2D eigenvalue weighted by atomic mass is 16.7. The summed E-state index contributed by atoms with van der Waals surface area (Å²) in [6.45, 7) is 21.2. The van der Waals surface area contributed by atoms with E-state index in [-0.39, 0.29) is 56.5 Å². The standard InChI is InChI=1S/C32H52O4/c1-19(2)31-24(34)18-27(6)16-17-30(9)23(32(27,31)36-31)11-10-22-28(7)14-13-25(35-20(3)33)26(4,5)21(28)12-15-29(22,30)8/h19,21-25,34H,10-18H2,1-9H3.